The van der Waals surface area contributed by atoms with Gasteiger partial charge in [-0.15, -0.1) is 0 Å². The first kappa shape index (κ1) is 25.4. The number of benzene rings is 1. The van der Waals surface area contributed by atoms with Crippen molar-refractivity contribution < 1.29 is 35.6 Å². The van der Waals surface area contributed by atoms with Gasteiger partial charge in [0.05, 0.1) is 30.9 Å². The van der Waals surface area contributed by atoms with E-state index in [1.165, 1.54) is 12.1 Å². The van der Waals surface area contributed by atoms with E-state index >= 15 is 4.39 Å². The van der Waals surface area contributed by atoms with Crippen LogP contribution in [0.25, 0.3) is 0 Å². The van der Waals surface area contributed by atoms with Gasteiger partial charge in [-0.3, -0.25) is 4.98 Å². The second kappa shape index (κ2) is 8.76. The van der Waals surface area contributed by atoms with Crippen LogP contribution in [0.5, 0.6) is 0 Å². The number of amidine groups is 1. The number of hydrogen-bond donors (Lipinski definition) is 0. The van der Waals surface area contributed by atoms with Gasteiger partial charge in [-0.05, 0) is 24.3 Å². The molecule has 1 fully saturated rings. The zero-order valence-corrected chi connectivity index (χ0v) is 18.9. The lowest BCUT2D eigenvalue weighted by Crippen LogP contribution is -2.60. The van der Waals surface area contributed by atoms with E-state index in [0.717, 1.165) is 6.20 Å². The van der Waals surface area contributed by atoms with Gasteiger partial charge in [-0.2, -0.15) is 23.4 Å². The van der Waals surface area contributed by atoms with Crippen LogP contribution in [0.3, 0.4) is 0 Å². The van der Waals surface area contributed by atoms with Crippen molar-refractivity contribution in [2.24, 2.45) is 16.1 Å². The number of nitrogens with zero attached hydrogens (tertiary/aromatic N) is 5. The highest BCUT2D eigenvalue weighted by Gasteiger charge is 2.62. The molecule has 6 nitrogen and oxygen atoms in total. The molecule has 0 spiro atoms. The highest BCUT2D eigenvalue weighted by Crippen LogP contribution is 2.49. The van der Waals surface area contributed by atoms with E-state index in [-0.39, 0.29) is 48.1 Å². The summed E-state index contributed by atoms with van der Waals surface area (Å²) in [6.07, 6.45) is -3.34. The van der Waals surface area contributed by atoms with Gasteiger partial charge in [0.2, 0.25) is 6.19 Å². The first-order valence-corrected chi connectivity index (χ1v) is 10.7. The van der Waals surface area contributed by atoms with Crippen LogP contribution in [-0.2, 0) is 16.1 Å². The molecule has 0 amide bonds. The molecule has 36 heavy (non-hydrogen) atoms. The third-order valence-corrected chi connectivity index (χ3v) is 6.08. The summed E-state index contributed by atoms with van der Waals surface area (Å²) in [4.78, 5) is 14.0. The van der Waals surface area contributed by atoms with E-state index in [1.807, 2.05) is 13.8 Å². The smallest absolute Gasteiger partial charge is 0.374 e. The van der Waals surface area contributed by atoms with Crippen molar-refractivity contribution in [1.29, 1.82) is 5.26 Å². The molecule has 190 valence electrons. The highest BCUT2D eigenvalue weighted by atomic mass is 19.4. The maximum atomic E-state index is 15.3. The lowest BCUT2D eigenvalue weighted by molar-refractivity contribution is -0.276. The number of hydrogen-bond acceptors (Lipinski definition) is 5. The van der Waals surface area contributed by atoms with Crippen molar-refractivity contribution in [3.05, 3.63) is 64.7 Å². The van der Waals surface area contributed by atoms with Crippen LogP contribution >= 0.6 is 0 Å². The van der Waals surface area contributed by atoms with Crippen LogP contribution in [0.2, 0.25) is 0 Å². The summed E-state index contributed by atoms with van der Waals surface area (Å²) in [6.45, 7) is 3.39. The SMILES string of the molecule is CC(C)/C(=N\C#N)N1CC(F)(c2ccc(C3=NOC(c4cc(F)c(F)c(F)c4)(C(F)(F)F)C3)cn2)C1. The largest absolute Gasteiger partial charge is 0.435 e. The van der Waals surface area contributed by atoms with E-state index in [1.54, 1.807) is 11.1 Å². The second-order valence-electron chi connectivity index (χ2n) is 8.86. The average Bonchev–Trinajstić information content (AvgIpc) is 3.26. The molecule has 0 aliphatic carbocycles. The van der Waals surface area contributed by atoms with Crippen LogP contribution in [0.4, 0.5) is 30.7 Å². The first-order valence-electron chi connectivity index (χ1n) is 10.7. The molecule has 2 aromatic rings. The number of likely N-dealkylation sites (tertiary alicyclic amines) is 1. The summed E-state index contributed by atoms with van der Waals surface area (Å²) in [7, 11) is 0. The van der Waals surface area contributed by atoms with E-state index in [9.17, 15) is 26.3 Å². The maximum absolute atomic E-state index is 15.3. The van der Waals surface area contributed by atoms with Crippen molar-refractivity contribution in [3.63, 3.8) is 0 Å². The Balaban J connectivity index is 1.55. The molecule has 1 saturated heterocycles. The number of aromatic nitrogens is 1. The molecule has 1 unspecified atom stereocenters. The number of oxime groups is 1. The zero-order chi connectivity index (χ0) is 26.5. The van der Waals surface area contributed by atoms with Crippen LogP contribution in [0.1, 0.15) is 37.1 Å². The van der Waals surface area contributed by atoms with Crippen molar-refractivity contribution in [2.75, 3.05) is 13.1 Å². The summed E-state index contributed by atoms with van der Waals surface area (Å²) in [5.41, 5.74) is -6.26. The topological polar surface area (TPSA) is 73.9 Å². The van der Waals surface area contributed by atoms with Crippen LogP contribution in [0.15, 0.2) is 40.6 Å². The predicted molar refractivity (Wildman–Crippen MR) is 113 cm³/mol. The van der Waals surface area contributed by atoms with Gasteiger partial charge >= 0.3 is 6.18 Å². The number of halogens is 7. The van der Waals surface area contributed by atoms with E-state index in [0.29, 0.717) is 5.84 Å². The monoisotopic (exact) mass is 513 g/mol. The molecule has 0 N–H and O–H groups in total. The molecule has 3 heterocycles. The summed E-state index contributed by atoms with van der Waals surface area (Å²) in [6, 6.07) is 3.01. The summed E-state index contributed by atoms with van der Waals surface area (Å²) >= 11 is 0. The van der Waals surface area contributed by atoms with E-state index in [2.05, 4.69) is 20.0 Å². The predicted octanol–water partition coefficient (Wildman–Crippen LogP) is 5.10. The Kier molecular flexibility index (Phi) is 6.18. The van der Waals surface area contributed by atoms with Gasteiger partial charge < -0.3 is 9.74 Å². The minimum absolute atomic E-state index is 0.0202. The summed E-state index contributed by atoms with van der Waals surface area (Å²) in [5.74, 6) is -5.21. The van der Waals surface area contributed by atoms with E-state index < -0.39 is 46.9 Å². The number of nitriles is 1. The molecule has 2 aliphatic rings. The summed E-state index contributed by atoms with van der Waals surface area (Å²) < 4.78 is 98.0. The second-order valence-corrected chi connectivity index (χ2v) is 8.86. The van der Waals surface area contributed by atoms with Gasteiger partial charge in [0.1, 0.15) is 5.84 Å². The Morgan fingerprint density at radius 2 is 1.81 bits per heavy atom. The number of pyridine rings is 1. The lowest BCUT2D eigenvalue weighted by Gasteiger charge is -2.46. The molecule has 4 rings (SSSR count). The Bertz CT molecular complexity index is 1250. The number of alkyl halides is 4. The van der Waals surface area contributed by atoms with Crippen molar-refractivity contribution in [3.8, 4) is 6.19 Å². The van der Waals surface area contributed by atoms with Crippen molar-refractivity contribution in [2.45, 2.75) is 37.7 Å². The molecule has 0 saturated carbocycles. The highest BCUT2D eigenvalue weighted by molar-refractivity contribution is 6.01. The zero-order valence-electron chi connectivity index (χ0n) is 18.9. The van der Waals surface area contributed by atoms with Crippen LogP contribution in [0, 0.1) is 34.8 Å². The van der Waals surface area contributed by atoms with E-state index in [4.69, 9.17) is 5.26 Å². The molecule has 1 aromatic heterocycles. The van der Waals surface area contributed by atoms with Gasteiger partial charge in [0, 0.05) is 23.2 Å². The molecular weight excluding hydrogens is 495 g/mol. The first-order chi connectivity index (χ1) is 16.8. The lowest BCUT2D eigenvalue weighted by atomic mass is 9.86. The standard InChI is InChI=1S/C23H18F7N5O/c1-12(2)20(33-11-31)35-9-21(27,10-35)18-4-3-13(8-32-18)17-7-22(36-34-17,23(28,29)30)14-5-15(24)19(26)16(25)6-14/h3-6,8,12H,7,9-10H2,1-2H3/b33-20+. The fourth-order valence-electron chi connectivity index (χ4n) is 4.18. The van der Waals surface area contributed by atoms with Gasteiger partial charge in [-0.1, -0.05) is 19.0 Å². The molecule has 2 aliphatic heterocycles. The maximum Gasteiger partial charge on any atom is 0.435 e. The van der Waals surface area contributed by atoms with Crippen LogP contribution < -0.4 is 0 Å². The Morgan fingerprint density at radius 1 is 1.17 bits per heavy atom. The quantitative estimate of drug-likeness (QED) is 0.188. The Morgan fingerprint density at radius 3 is 2.31 bits per heavy atom. The molecule has 0 radical (unpaired) electrons. The fraction of sp³-hybridized carbons (Fsp3) is 0.391. The van der Waals surface area contributed by atoms with Gasteiger partial charge in [0.15, 0.2) is 23.1 Å². The summed E-state index contributed by atoms with van der Waals surface area (Å²) in [5, 5.41) is 12.3. The van der Waals surface area contributed by atoms with Gasteiger partial charge in [0.25, 0.3) is 5.60 Å². The molecule has 13 heteroatoms. The minimum Gasteiger partial charge on any atom is -0.374 e. The minimum atomic E-state index is -5.17. The Hall–Kier alpha value is -3.69. The van der Waals surface area contributed by atoms with Crippen molar-refractivity contribution in [1.82, 2.24) is 9.88 Å². The normalized spacial score (nSPS) is 21.6. The van der Waals surface area contributed by atoms with Crippen molar-refractivity contribution >= 4 is 11.5 Å². The number of rotatable bonds is 4. The third kappa shape index (κ3) is 4.14. The average molecular weight is 513 g/mol. The molecular formula is C23H18F7N5O. The Labute approximate surface area is 200 Å². The third-order valence-electron chi connectivity index (χ3n) is 6.08. The van der Waals surface area contributed by atoms with Crippen LogP contribution in [-0.4, -0.2) is 40.7 Å². The molecule has 1 atom stereocenters. The fourth-order valence-corrected chi connectivity index (χ4v) is 4.18. The number of aliphatic imine (C=N–C) groups is 1. The van der Waals surface area contributed by atoms with Gasteiger partial charge in [-0.25, -0.2) is 17.6 Å². The molecule has 1 aromatic carbocycles. The molecule has 0 bridgehead atoms.